The fourth-order valence-electron chi connectivity index (χ4n) is 1.97. The Bertz CT molecular complexity index is 679. The minimum atomic E-state index is -0.942. The van der Waals surface area contributed by atoms with E-state index < -0.39 is 16.6 Å². The molecule has 1 N–H and O–H groups in total. The van der Waals surface area contributed by atoms with Crippen LogP contribution in [-0.4, -0.2) is 25.8 Å². The summed E-state index contributed by atoms with van der Waals surface area (Å²) in [6.07, 6.45) is 1.63. The molecule has 2 atom stereocenters. The number of nitrogens with zero attached hydrogens (tertiary/aromatic N) is 1. The van der Waals surface area contributed by atoms with Gasteiger partial charge in [0.05, 0.1) is 16.1 Å². The van der Waals surface area contributed by atoms with Gasteiger partial charge in [0.25, 0.3) is 0 Å². The number of aromatic nitrogens is 2. The van der Waals surface area contributed by atoms with Gasteiger partial charge in [-0.3, -0.25) is 4.21 Å². The van der Waals surface area contributed by atoms with Crippen molar-refractivity contribution in [2.75, 3.05) is 12.0 Å². The minimum Gasteiger partial charge on any atom is -0.331 e. The molecule has 0 radical (unpaired) electrons. The third kappa shape index (κ3) is 2.50. The van der Waals surface area contributed by atoms with E-state index in [1.807, 2.05) is 6.92 Å². The number of benzene rings is 1. The third-order valence-electron chi connectivity index (χ3n) is 2.68. The van der Waals surface area contributed by atoms with E-state index in [1.54, 1.807) is 10.8 Å². The SMILES string of the molecule is CC(CS(C)=O)n1c(=S)[nH]c2cc(Cl)c(F)cc21. The quantitative estimate of drug-likeness (QED) is 0.882. The van der Waals surface area contributed by atoms with Crippen LogP contribution in [0.5, 0.6) is 0 Å². The predicted molar refractivity (Wildman–Crippen MR) is 75.7 cm³/mol. The van der Waals surface area contributed by atoms with Gasteiger partial charge in [-0.2, -0.15) is 0 Å². The largest absolute Gasteiger partial charge is 0.331 e. The molecular formula is C11H12ClFN2OS2. The van der Waals surface area contributed by atoms with Gasteiger partial charge in [0.15, 0.2) is 4.77 Å². The second-order valence-corrected chi connectivity index (χ2v) is 6.45. The van der Waals surface area contributed by atoms with Crippen molar-refractivity contribution in [2.45, 2.75) is 13.0 Å². The molecule has 0 amide bonds. The predicted octanol–water partition coefficient (Wildman–Crippen LogP) is 3.43. The first-order valence-corrected chi connectivity index (χ1v) is 7.80. The van der Waals surface area contributed by atoms with Gasteiger partial charge < -0.3 is 9.55 Å². The summed E-state index contributed by atoms with van der Waals surface area (Å²) >= 11 is 10.9. The number of hydrogen-bond donors (Lipinski definition) is 1. The Kier molecular flexibility index (Phi) is 3.89. The first kappa shape index (κ1) is 13.7. The molecule has 3 nitrogen and oxygen atoms in total. The lowest BCUT2D eigenvalue weighted by Gasteiger charge is -2.13. The average molecular weight is 307 g/mol. The van der Waals surface area contributed by atoms with Crippen LogP contribution in [0, 0.1) is 10.6 Å². The van der Waals surface area contributed by atoms with Gasteiger partial charge >= 0.3 is 0 Å². The molecular weight excluding hydrogens is 295 g/mol. The van der Waals surface area contributed by atoms with Crippen molar-refractivity contribution in [1.29, 1.82) is 0 Å². The first-order chi connectivity index (χ1) is 8.40. The van der Waals surface area contributed by atoms with Crippen molar-refractivity contribution in [2.24, 2.45) is 0 Å². The highest BCUT2D eigenvalue weighted by molar-refractivity contribution is 7.84. The first-order valence-electron chi connectivity index (χ1n) is 5.29. The van der Waals surface area contributed by atoms with Crippen LogP contribution in [0.3, 0.4) is 0 Å². The number of fused-ring (bicyclic) bond motifs is 1. The van der Waals surface area contributed by atoms with Crippen LogP contribution in [-0.2, 0) is 10.8 Å². The topological polar surface area (TPSA) is 37.8 Å². The van der Waals surface area contributed by atoms with E-state index in [2.05, 4.69) is 4.98 Å². The van der Waals surface area contributed by atoms with Crippen LogP contribution >= 0.6 is 23.8 Å². The molecule has 0 fully saturated rings. The normalized spacial score (nSPS) is 14.9. The number of halogens is 2. The molecule has 0 bridgehead atoms. The second kappa shape index (κ2) is 5.11. The highest BCUT2D eigenvalue weighted by atomic mass is 35.5. The molecule has 7 heteroatoms. The molecule has 1 aromatic carbocycles. The molecule has 0 saturated heterocycles. The summed E-state index contributed by atoms with van der Waals surface area (Å²) in [5, 5.41) is 0.0534. The molecule has 1 aromatic heterocycles. The molecule has 0 saturated carbocycles. The van der Waals surface area contributed by atoms with E-state index in [1.165, 1.54) is 12.1 Å². The van der Waals surface area contributed by atoms with Gasteiger partial charge in [-0.15, -0.1) is 0 Å². The number of rotatable bonds is 3. The zero-order valence-electron chi connectivity index (χ0n) is 9.87. The Labute approximate surface area is 116 Å². The highest BCUT2D eigenvalue weighted by Gasteiger charge is 2.14. The molecule has 1 heterocycles. The van der Waals surface area contributed by atoms with E-state index in [4.69, 9.17) is 23.8 Å². The number of H-pyrrole nitrogens is 1. The van der Waals surface area contributed by atoms with Gasteiger partial charge in [0, 0.05) is 34.9 Å². The lowest BCUT2D eigenvalue weighted by Crippen LogP contribution is -2.12. The summed E-state index contributed by atoms with van der Waals surface area (Å²) in [5.41, 5.74) is 1.32. The Morgan fingerprint density at radius 2 is 2.28 bits per heavy atom. The van der Waals surface area contributed by atoms with Crippen LogP contribution in [0.1, 0.15) is 13.0 Å². The summed E-state index contributed by atoms with van der Waals surface area (Å²) < 4.78 is 27.0. The lowest BCUT2D eigenvalue weighted by molar-refractivity contribution is 0.600. The van der Waals surface area contributed by atoms with Crippen LogP contribution in [0.25, 0.3) is 11.0 Å². The molecule has 98 valence electrons. The molecule has 0 aliphatic carbocycles. The fraction of sp³-hybridized carbons (Fsp3) is 0.364. The molecule has 2 unspecified atom stereocenters. The maximum Gasteiger partial charge on any atom is 0.178 e. The van der Waals surface area contributed by atoms with Crippen molar-refractivity contribution < 1.29 is 8.60 Å². The standard InChI is InChI=1S/C11H12ClFN2OS2/c1-6(5-18(2)16)15-10-4-8(13)7(12)3-9(10)14-11(15)17/h3-4,6H,5H2,1-2H3,(H,14,17). The van der Waals surface area contributed by atoms with Gasteiger partial charge in [-0.25, -0.2) is 4.39 Å². The molecule has 2 rings (SSSR count). The monoisotopic (exact) mass is 306 g/mol. The van der Waals surface area contributed by atoms with E-state index in [9.17, 15) is 8.60 Å². The molecule has 0 aliphatic rings. The van der Waals surface area contributed by atoms with E-state index >= 15 is 0 Å². The summed E-state index contributed by atoms with van der Waals surface area (Å²) in [5.74, 6) is -0.0253. The Balaban J connectivity index is 2.63. The molecule has 0 spiro atoms. The molecule has 0 aliphatic heterocycles. The van der Waals surface area contributed by atoms with Crippen molar-refractivity contribution in [3.05, 3.63) is 27.7 Å². The lowest BCUT2D eigenvalue weighted by atomic mass is 10.3. The van der Waals surface area contributed by atoms with Crippen LogP contribution in [0.2, 0.25) is 5.02 Å². The van der Waals surface area contributed by atoms with E-state index in [0.29, 0.717) is 21.6 Å². The zero-order chi connectivity index (χ0) is 13.4. The minimum absolute atomic E-state index is 0.0534. The fourth-order valence-corrected chi connectivity index (χ4v) is 3.35. The third-order valence-corrected chi connectivity index (χ3v) is 4.22. The number of imidazole rings is 1. The average Bonchev–Trinajstić information content (AvgIpc) is 2.53. The zero-order valence-corrected chi connectivity index (χ0v) is 12.3. The Morgan fingerprint density at radius 1 is 1.61 bits per heavy atom. The molecule has 2 aromatic rings. The van der Waals surface area contributed by atoms with Gasteiger partial charge in [0.1, 0.15) is 5.82 Å². The number of nitrogens with one attached hydrogen (secondary N) is 1. The maximum absolute atomic E-state index is 13.5. The number of hydrogen-bond acceptors (Lipinski definition) is 2. The summed E-state index contributed by atoms with van der Waals surface area (Å²) in [6.45, 7) is 1.90. The van der Waals surface area contributed by atoms with Crippen LogP contribution in [0.4, 0.5) is 4.39 Å². The highest BCUT2D eigenvalue weighted by Crippen LogP contribution is 2.25. The van der Waals surface area contributed by atoms with Crippen LogP contribution < -0.4 is 0 Å². The van der Waals surface area contributed by atoms with Crippen LogP contribution in [0.15, 0.2) is 12.1 Å². The van der Waals surface area contributed by atoms with Gasteiger partial charge in [0.2, 0.25) is 0 Å². The Hall–Kier alpha value is -0.720. The smallest absolute Gasteiger partial charge is 0.178 e. The van der Waals surface area contributed by atoms with E-state index in [0.717, 1.165) is 0 Å². The van der Waals surface area contributed by atoms with Crippen molar-refractivity contribution in [1.82, 2.24) is 9.55 Å². The van der Waals surface area contributed by atoms with Crippen molar-refractivity contribution >= 4 is 45.7 Å². The molecule has 18 heavy (non-hydrogen) atoms. The summed E-state index contributed by atoms with van der Waals surface area (Å²) in [6, 6.07) is 2.78. The van der Waals surface area contributed by atoms with Gasteiger partial charge in [-0.05, 0) is 25.2 Å². The van der Waals surface area contributed by atoms with Crippen molar-refractivity contribution in [3.63, 3.8) is 0 Å². The number of aromatic amines is 1. The second-order valence-electron chi connectivity index (χ2n) is 4.17. The van der Waals surface area contributed by atoms with E-state index in [-0.39, 0.29) is 11.1 Å². The van der Waals surface area contributed by atoms with Gasteiger partial charge in [-0.1, -0.05) is 11.6 Å². The van der Waals surface area contributed by atoms with Crippen molar-refractivity contribution in [3.8, 4) is 0 Å². The summed E-state index contributed by atoms with van der Waals surface area (Å²) in [4.78, 5) is 2.98. The Morgan fingerprint density at radius 3 is 2.89 bits per heavy atom. The summed E-state index contributed by atoms with van der Waals surface area (Å²) in [7, 11) is -0.942. The maximum atomic E-state index is 13.5.